The fourth-order valence-electron chi connectivity index (χ4n) is 14.1. The number of rotatable bonds is 8. The molecular formula is C84H52N4. The van der Waals surface area contributed by atoms with Crippen molar-refractivity contribution < 1.29 is 0 Å². The third-order valence-electron chi connectivity index (χ3n) is 18.3. The molecule has 0 fully saturated rings. The van der Waals surface area contributed by atoms with Crippen LogP contribution in [0.3, 0.4) is 0 Å². The van der Waals surface area contributed by atoms with Crippen molar-refractivity contribution in [2.24, 2.45) is 0 Å². The molecule has 0 bridgehead atoms. The summed E-state index contributed by atoms with van der Waals surface area (Å²) in [6.07, 6.45) is 0. The van der Waals surface area contributed by atoms with Crippen molar-refractivity contribution in [1.29, 1.82) is 0 Å². The van der Waals surface area contributed by atoms with E-state index in [1.54, 1.807) is 0 Å². The summed E-state index contributed by atoms with van der Waals surface area (Å²) in [4.78, 5) is 10.8. The third-order valence-corrected chi connectivity index (χ3v) is 18.3. The van der Waals surface area contributed by atoms with Crippen LogP contribution in [0.4, 0.5) is 0 Å². The minimum absolute atomic E-state index is 0.832. The maximum absolute atomic E-state index is 5.42. The van der Waals surface area contributed by atoms with Gasteiger partial charge in [0.1, 0.15) is 0 Å². The number of nitrogens with zero attached hydrogens (tertiary/aromatic N) is 4. The van der Waals surface area contributed by atoms with Gasteiger partial charge in [-0.1, -0.05) is 231 Å². The van der Waals surface area contributed by atoms with Gasteiger partial charge in [-0.2, -0.15) is 0 Å². The van der Waals surface area contributed by atoms with Gasteiger partial charge in [-0.15, -0.1) is 0 Å². The van der Waals surface area contributed by atoms with E-state index in [2.05, 4.69) is 312 Å². The van der Waals surface area contributed by atoms with Crippen molar-refractivity contribution >= 4 is 97.7 Å². The molecule has 3 aromatic heterocycles. The summed E-state index contributed by atoms with van der Waals surface area (Å²) in [6.45, 7) is 0. The molecule has 0 N–H and O–H groups in total. The molecule has 0 radical (unpaired) electrons. The Labute approximate surface area is 507 Å². The Balaban J connectivity index is 0.759. The van der Waals surface area contributed by atoms with Gasteiger partial charge < -0.3 is 9.13 Å². The molecule has 18 aromatic rings. The van der Waals surface area contributed by atoms with E-state index >= 15 is 0 Å². The lowest BCUT2D eigenvalue weighted by atomic mass is 9.95. The Hall–Kier alpha value is -11.7. The van der Waals surface area contributed by atoms with Crippen LogP contribution in [0.25, 0.3) is 176 Å². The second-order valence-corrected chi connectivity index (χ2v) is 23.2. The van der Waals surface area contributed by atoms with Crippen LogP contribution in [0.2, 0.25) is 0 Å². The Bertz CT molecular complexity index is 5210. The van der Waals surface area contributed by atoms with E-state index in [0.29, 0.717) is 0 Å². The van der Waals surface area contributed by atoms with E-state index in [4.69, 9.17) is 9.97 Å². The molecule has 0 atom stereocenters. The van der Waals surface area contributed by atoms with Crippen molar-refractivity contribution in [3.05, 3.63) is 315 Å². The first-order valence-electron chi connectivity index (χ1n) is 30.2. The summed E-state index contributed by atoms with van der Waals surface area (Å²) in [7, 11) is 0. The second-order valence-electron chi connectivity index (χ2n) is 23.2. The topological polar surface area (TPSA) is 35.6 Å². The number of para-hydroxylation sites is 2. The maximum atomic E-state index is 5.42. The molecule has 0 aliphatic carbocycles. The first-order chi connectivity index (χ1) is 43.6. The first kappa shape index (κ1) is 49.7. The molecule has 0 amide bonds. The summed E-state index contributed by atoms with van der Waals surface area (Å²) >= 11 is 0. The lowest BCUT2D eigenvalue weighted by molar-refractivity contribution is 1.18. The molecule has 4 nitrogen and oxygen atoms in total. The van der Waals surface area contributed by atoms with Crippen LogP contribution in [0.15, 0.2) is 315 Å². The quantitative estimate of drug-likeness (QED) is 0.152. The summed E-state index contributed by atoms with van der Waals surface area (Å²) in [5.41, 5.74) is 21.7. The van der Waals surface area contributed by atoms with Gasteiger partial charge in [-0.3, -0.25) is 0 Å². The highest BCUT2D eigenvalue weighted by molar-refractivity contribution is 6.15. The van der Waals surface area contributed by atoms with Crippen LogP contribution >= 0.6 is 0 Å². The fraction of sp³-hybridized carbons (Fsp3) is 0. The van der Waals surface area contributed by atoms with Crippen molar-refractivity contribution in [2.75, 3.05) is 0 Å². The van der Waals surface area contributed by atoms with E-state index in [9.17, 15) is 0 Å². The van der Waals surface area contributed by atoms with E-state index in [-0.39, 0.29) is 0 Å². The molecule has 4 heteroatoms. The Morgan fingerprint density at radius 3 is 0.739 bits per heavy atom. The molecule has 0 saturated heterocycles. The van der Waals surface area contributed by atoms with E-state index in [1.165, 1.54) is 109 Å². The highest BCUT2D eigenvalue weighted by atomic mass is 15.0. The average Bonchev–Trinajstić information content (AvgIpc) is 1.89. The molecule has 0 unspecified atom stereocenters. The molecular weight excluding hydrogens is 1060 g/mol. The third kappa shape index (κ3) is 8.00. The fourth-order valence-corrected chi connectivity index (χ4v) is 14.1. The average molecular weight is 1120 g/mol. The summed E-state index contributed by atoms with van der Waals surface area (Å²) in [5, 5.41) is 14.7. The summed E-state index contributed by atoms with van der Waals surface area (Å²) in [5.74, 6) is 0. The zero-order valence-corrected chi connectivity index (χ0v) is 47.8. The molecule has 3 heterocycles. The van der Waals surface area contributed by atoms with E-state index in [0.717, 1.165) is 67.0 Å². The van der Waals surface area contributed by atoms with Crippen molar-refractivity contribution in [1.82, 2.24) is 19.1 Å². The van der Waals surface area contributed by atoms with Gasteiger partial charge in [0.15, 0.2) is 0 Å². The summed E-state index contributed by atoms with van der Waals surface area (Å²) in [6, 6.07) is 115. The van der Waals surface area contributed by atoms with Crippen LogP contribution in [0, 0.1) is 0 Å². The summed E-state index contributed by atoms with van der Waals surface area (Å²) < 4.78 is 4.84. The number of benzene rings is 15. The minimum atomic E-state index is 0.832. The highest BCUT2D eigenvalue weighted by Crippen LogP contribution is 2.43. The molecule has 18 rings (SSSR count). The van der Waals surface area contributed by atoms with Gasteiger partial charge in [0.05, 0.1) is 44.5 Å². The lowest BCUT2D eigenvalue weighted by Crippen LogP contribution is -1.98. The molecule has 0 spiro atoms. The minimum Gasteiger partial charge on any atom is -0.309 e. The van der Waals surface area contributed by atoms with E-state index in [1.807, 2.05) is 12.1 Å². The monoisotopic (exact) mass is 1120 g/mol. The standard InChI is InChI=1S/C84H52N4/c1-5-23-65-53(15-1)19-11-27-69(65)59-37-45-79-73(49-59)74-50-60(70-28-12-20-54-16-2-6-24-66(54)70)38-46-80(74)87(79)63-41-33-57(34-42-63)83-84(86-78-32-10-9-31-77(78)85-83)58-35-43-64(44-36-58)88-81-47-39-61(71-29-13-21-55-17-3-7-25-67(55)71)51-75(81)76-52-62(40-48-82(76)88)72-30-14-22-56-18-4-8-26-68(56)72/h1-52H. The van der Waals surface area contributed by atoms with Crippen LogP contribution in [-0.4, -0.2) is 19.1 Å². The highest BCUT2D eigenvalue weighted by Gasteiger charge is 2.21. The predicted octanol–water partition coefficient (Wildman–Crippen LogP) is 22.4. The Kier molecular flexibility index (Phi) is 11.3. The zero-order chi connectivity index (χ0) is 57.8. The molecule has 0 saturated carbocycles. The smallest absolute Gasteiger partial charge is 0.0973 e. The maximum Gasteiger partial charge on any atom is 0.0973 e. The lowest BCUT2D eigenvalue weighted by Gasteiger charge is -2.14. The van der Waals surface area contributed by atoms with Crippen LogP contribution in [-0.2, 0) is 0 Å². The first-order valence-corrected chi connectivity index (χ1v) is 30.2. The van der Waals surface area contributed by atoms with Crippen LogP contribution < -0.4 is 0 Å². The van der Waals surface area contributed by atoms with Crippen molar-refractivity contribution in [3.8, 4) is 78.4 Å². The SMILES string of the molecule is c1ccc2c(-c3ccc4c(c3)c3cc(-c5cccc6ccccc56)ccc3n4-c3ccc(-c4nc5ccccc5nc4-c4ccc(-n5c6ccc(-c7cccc8ccccc78)cc6c6cc(-c7cccc8ccccc78)ccc65)cc4)cc3)cccc2c1. The molecule has 408 valence electrons. The molecule has 0 aliphatic heterocycles. The van der Waals surface area contributed by atoms with Crippen LogP contribution in [0.5, 0.6) is 0 Å². The molecule has 15 aromatic carbocycles. The number of aromatic nitrogens is 4. The zero-order valence-electron chi connectivity index (χ0n) is 47.8. The Morgan fingerprint density at radius 1 is 0.193 bits per heavy atom. The van der Waals surface area contributed by atoms with Gasteiger partial charge in [-0.25, -0.2) is 9.97 Å². The van der Waals surface area contributed by atoms with Gasteiger partial charge >= 0.3 is 0 Å². The second kappa shape index (κ2) is 20.0. The van der Waals surface area contributed by atoms with Crippen molar-refractivity contribution in [2.45, 2.75) is 0 Å². The van der Waals surface area contributed by atoms with E-state index < -0.39 is 0 Å². The largest absolute Gasteiger partial charge is 0.309 e. The predicted molar refractivity (Wildman–Crippen MR) is 371 cm³/mol. The number of hydrogen-bond acceptors (Lipinski definition) is 2. The normalized spacial score (nSPS) is 11.9. The number of fused-ring (bicyclic) bond motifs is 11. The Morgan fingerprint density at radius 2 is 0.443 bits per heavy atom. The molecule has 88 heavy (non-hydrogen) atoms. The molecule has 0 aliphatic rings. The van der Waals surface area contributed by atoms with Gasteiger partial charge in [-0.05, 0) is 173 Å². The number of hydrogen-bond donors (Lipinski definition) is 0. The van der Waals surface area contributed by atoms with Gasteiger partial charge in [0, 0.05) is 44.0 Å². The van der Waals surface area contributed by atoms with Crippen LogP contribution in [0.1, 0.15) is 0 Å². The van der Waals surface area contributed by atoms with Gasteiger partial charge in [0.2, 0.25) is 0 Å². The van der Waals surface area contributed by atoms with Crippen molar-refractivity contribution in [3.63, 3.8) is 0 Å². The van der Waals surface area contributed by atoms with Gasteiger partial charge in [0.25, 0.3) is 0 Å².